The molecule has 0 spiro atoms. The van der Waals surface area contributed by atoms with Crippen molar-refractivity contribution in [3.8, 4) is 11.4 Å². The number of rotatable bonds is 7. The largest absolute Gasteiger partial charge is 0.337 e. The summed E-state index contributed by atoms with van der Waals surface area (Å²) in [5, 5.41) is 4.00. The van der Waals surface area contributed by atoms with Gasteiger partial charge in [-0.25, -0.2) is 8.42 Å². The van der Waals surface area contributed by atoms with Gasteiger partial charge in [0.05, 0.1) is 18.0 Å². The van der Waals surface area contributed by atoms with Crippen LogP contribution in [0.2, 0.25) is 0 Å². The van der Waals surface area contributed by atoms with Crippen LogP contribution in [0.3, 0.4) is 0 Å². The van der Waals surface area contributed by atoms with E-state index in [-0.39, 0.29) is 35.2 Å². The van der Waals surface area contributed by atoms with E-state index < -0.39 is 10.0 Å². The van der Waals surface area contributed by atoms with Gasteiger partial charge in [0.2, 0.25) is 27.6 Å². The van der Waals surface area contributed by atoms with Crippen molar-refractivity contribution in [3.05, 3.63) is 66.1 Å². The first-order valence-electron chi connectivity index (χ1n) is 10.2. The van der Waals surface area contributed by atoms with E-state index >= 15 is 0 Å². The Kier molecular flexibility index (Phi) is 6.80. The molecule has 3 aromatic rings. The van der Waals surface area contributed by atoms with Gasteiger partial charge in [0.15, 0.2) is 0 Å². The molecule has 0 bridgehead atoms. The van der Waals surface area contributed by atoms with Crippen molar-refractivity contribution in [1.29, 1.82) is 0 Å². The summed E-state index contributed by atoms with van der Waals surface area (Å²) in [6, 6.07) is 15.9. The monoisotopic (exact) mass is 456 g/mol. The van der Waals surface area contributed by atoms with Crippen molar-refractivity contribution in [2.75, 3.05) is 20.6 Å². The lowest BCUT2D eigenvalue weighted by molar-refractivity contribution is -0.130. The third-order valence-electron chi connectivity index (χ3n) is 5.08. The second-order valence-corrected chi connectivity index (χ2v) is 10.7. The molecule has 1 aromatic heterocycles. The summed E-state index contributed by atoms with van der Waals surface area (Å²) in [5.74, 6) is 0.315. The number of carbonyl (C=O) groups excluding carboxylic acids is 1. The van der Waals surface area contributed by atoms with E-state index in [4.69, 9.17) is 4.52 Å². The lowest BCUT2D eigenvalue weighted by Gasteiger charge is -2.20. The number of amides is 1. The number of aromatic nitrogens is 2. The van der Waals surface area contributed by atoms with Crippen molar-refractivity contribution in [1.82, 2.24) is 19.3 Å². The molecule has 0 saturated heterocycles. The predicted octanol–water partition coefficient (Wildman–Crippen LogP) is 3.31. The molecule has 9 heteroatoms. The molecule has 170 valence electrons. The maximum atomic E-state index is 12.6. The summed E-state index contributed by atoms with van der Waals surface area (Å²) in [4.78, 5) is 18.4. The predicted molar refractivity (Wildman–Crippen MR) is 121 cm³/mol. The quantitative estimate of drug-likeness (QED) is 0.541. The average Bonchev–Trinajstić information content (AvgIpc) is 3.22. The van der Waals surface area contributed by atoms with Gasteiger partial charge in [-0.3, -0.25) is 4.79 Å². The van der Waals surface area contributed by atoms with E-state index in [1.165, 1.54) is 29.6 Å². The van der Waals surface area contributed by atoms with Crippen LogP contribution in [0.15, 0.2) is 64.0 Å². The van der Waals surface area contributed by atoms with Gasteiger partial charge in [-0.1, -0.05) is 68.4 Å². The minimum atomic E-state index is -3.75. The molecule has 0 aliphatic carbocycles. The molecule has 2 aromatic carbocycles. The standard InChI is InChI=1S/C23H28N4O4S/c1-23(2,3)18-13-11-17(12-14-18)22-24-20(31-25-22)15-26(4)21(28)16-27(5)32(29,30)19-9-7-6-8-10-19/h6-14H,15-16H2,1-5H3. The van der Waals surface area contributed by atoms with Crippen LogP contribution < -0.4 is 0 Å². The molecule has 8 nitrogen and oxygen atoms in total. The average molecular weight is 457 g/mol. The van der Waals surface area contributed by atoms with Gasteiger partial charge in [0, 0.05) is 19.7 Å². The molecule has 0 unspecified atom stereocenters. The van der Waals surface area contributed by atoms with Gasteiger partial charge in [0.25, 0.3) is 0 Å². The van der Waals surface area contributed by atoms with E-state index in [2.05, 4.69) is 30.9 Å². The first-order chi connectivity index (χ1) is 15.0. The second kappa shape index (κ2) is 9.22. The Morgan fingerprint density at radius 3 is 2.22 bits per heavy atom. The molecule has 0 fully saturated rings. The normalized spacial score (nSPS) is 12.2. The maximum absolute atomic E-state index is 12.6. The molecule has 1 amide bonds. The Morgan fingerprint density at radius 1 is 1.00 bits per heavy atom. The van der Waals surface area contributed by atoms with Crippen LogP contribution in [0.5, 0.6) is 0 Å². The number of likely N-dealkylation sites (N-methyl/N-ethyl adjacent to an activating group) is 2. The smallest absolute Gasteiger partial charge is 0.246 e. The highest BCUT2D eigenvalue weighted by Gasteiger charge is 2.25. The third-order valence-corrected chi connectivity index (χ3v) is 6.90. The van der Waals surface area contributed by atoms with E-state index in [0.29, 0.717) is 5.82 Å². The minimum absolute atomic E-state index is 0.0468. The van der Waals surface area contributed by atoms with Crippen molar-refractivity contribution >= 4 is 15.9 Å². The zero-order valence-electron chi connectivity index (χ0n) is 18.9. The number of sulfonamides is 1. The highest BCUT2D eigenvalue weighted by molar-refractivity contribution is 7.89. The van der Waals surface area contributed by atoms with Crippen LogP contribution in [0.4, 0.5) is 0 Å². The zero-order valence-corrected chi connectivity index (χ0v) is 19.8. The molecule has 0 saturated carbocycles. The number of hydrogen-bond acceptors (Lipinski definition) is 6. The minimum Gasteiger partial charge on any atom is -0.337 e. The van der Waals surface area contributed by atoms with Crippen LogP contribution in [0.25, 0.3) is 11.4 Å². The lowest BCUT2D eigenvalue weighted by Crippen LogP contribution is -2.39. The number of benzene rings is 2. The first kappa shape index (κ1) is 23.6. The van der Waals surface area contributed by atoms with Crippen molar-refractivity contribution < 1.29 is 17.7 Å². The zero-order chi connectivity index (χ0) is 23.5. The lowest BCUT2D eigenvalue weighted by atomic mass is 9.87. The number of carbonyl (C=O) groups is 1. The first-order valence-corrected chi connectivity index (χ1v) is 11.6. The van der Waals surface area contributed by atoms with Crippen LogP contribution in [-0.2, 0) is 26.8 Å². The molecule has 0 N–H and O–H groups in total. The molecular weight excluding hydrogens is 428 g/mol. The van der Waals surface area contributed by atoms with Gasteiger partial charge in [-0.05, 0) is 23.1 Å². The summed E-state index contributed by atoms with van der Waals surface area (Å²) in [7, 11) is -0.814. The van der Waals surface area contributed by atoms with E-state index in [9.17, 15) is 13.2 Å². The van der Waals surface area contributed by atoms with Crippen molar-refractivity contribution in [3.63, 3.8) is 0 Å². The van der Waals surface area contributed by atoms with Crippen LogP contribution >= 0.6 is 0 Å². The fourth-order valence-corrected chi connectivity index (χ4v) is 4.16. The summed E-state index contributed by atoms with van der Waals surface area (Å²) in [6.45, 7) is 6.20. The molecular formula is C23H28N4O4S. The van der Waals surface area contributed by atoms with Crippen LogP contribution in [0, 0.1) is 0 Å². The molecule has 0 aliphatic rings. The van der Waals surface area contributed by atoms with Crippen molar-refractivity contribution in [2.24, 2.45) is 0 Å². The number of nitrogens with zero attached hydrogens (tertiary/aromatic N) is 4. The molecule has 0 atom stereocenters. The molecule has 3 rings (SSSR count). The summed E-state index contributed by atoms with van der Waals surface area (Å²) >= 11 is 0. The van der Waals surface area contributed by atoms with Crippen LogP contribution in [-0.4, -0.2) is 54.3 Å². The third kappa shape index (κ3) is 5.41. The van der Waals surface area contributed by atoms with Gasteiger partial charge < -0.3 is 9.42 Å². The molecule has 1 heterocycles. The maximum Gasteiger partial charge on any atom is 0.246 e. The Morgan fingerprint density at radius 2 is 1.62 bits per heavy atom. The van der Waals surface area contributed by atoms with E-state index in [1.54, 1.807) is 25.2 Å². The highest BCUT2D eigenvalue weighted by atomic mass is 32.2. The Bertz CT molecular complexity index is 1170. The summed E-state index contributed by atoms with van der Waals surface area (Å²) in [5.41, 5.74) is 2.06. The van der Waals surface area contributed by atoms with Gasteiger partial charge >= 0.3 is 0 Å². The molecule has 0 radical (unpaired) electrons. The summed E-state index contributed by atoms with van der Waals surface area (Å²) in [6.07, 6.45) is 0. The van der Waals surface area contributed by atoms with Gasteiger partial charge in [0.1, 0.15) is 0 Å². The van der Waals surface area contributed by atoms with Gasteiger partial charge in [-0.2, -0.15) is 9.29 Å². The van der Waals surface area contributed by atoms with E-state index in [1.807, 2.05) is 24.3 Å². The summed E-state index contributed by atoms with van der Waals surface area (Å²) < 4.78 is 31.5. The fraction of sp³-hybridized carbons (Fsp3) is 0.348. The SMILES string of the molecule is CN(Cc1nc(-c2ccc(C(C)(C)C)cc2)no1)C(=O)CN(C)S(=O)(=O)c1ccccc1. The highest BCUT2D eigenvalue weighted by Crippen LogP contribution is 2.25. The Hall–Kier alpha value is -3.04. The Balaban J connectivity index is 1.63. The molecule has 32 heavy (non-hydrogen) atoms. The molecule has 0 aliphatic heterocycles. The van der Waals surface area contributed by atoms with Gasteiger partial charge in [-0.15, -0.1) is 0 Å². The second-order valence-electron chi connectivity index (χ2n) is 8.66. The number of hydrogen-bond donors (Lipinski definition) is 0. The van der Waals surface area contributed by atoms with Crippen molar-refractivity contribution in [2.45, 2.75) is 37.6 Å². The topological polar surface area (TPSA) is 96.6 Å². The Labute approximate surface area is 188 Å². The van der Waals surface area contributed by atoms with Crippen LogP contribution in [0.1, 0.15) is 32.2 Å². The van der Waals surface area contributed by atoms with E-state index in [0.717, 1.165) is 9.87 Å². The fourth-order valence-electron chi connectivity index (χ4n) is 3.02.